The monoisotopic (exact) mass is 329 g/mol. The predicted molar refractivity (Wildman–Crippen MR) is 84.2 cm³/mol. The number of halogens is 1. The molecule has 0 atom stereocenters. The molecule has 6 heteroatoms. The van der Waals surface area contributed by atoms with Gasteiger partial charge in [0.05, 0.1) is 12.2 Å². The largest absolute Gasteiger partial charge is 0.342 e. The van der Waals surface area contributed by atoms with Gasteiger partial charge in [0.1, 0.15) is 9.84 Å². The van der Waals surface area contributed by atoms with Crippen molar-refractivity contribution in [3.8, 4) is 0 Å². The first-order valence-corrected chi connectivity index (χ1v) is 9.47. The van der Waals surface area contributed by atoms with Crippen molar-refractivity contribution in [2.45, 2.75) is 19.3 Å². The van der Waals surface area contributed by atoms with Crippen molar-refractivity contribution < 1.29 is 13.2 Å². The smallest absolute Gasteiger partial charge is 0.226 e. The fourth-order valence-electron chi connectivity index (χ4n) is 2.67. The second-order valence-corrected chi connectivity index (χ2v) is 8.34. The van der Waals surface area contributed by atoms with Crippen LogP contribution in [0.5, 0.6) is 0 Å². The van der Waals surface area contributed by atoms with Crippen LogP contribution >= 0.6 is 11.6 Å². The molecule has 0 unspecified atom stereocenters. The second-order valence-electron chi connectivity index (χ2n) is 5.72. The fourth-order valence-corrected chi connectivity index (χ4v) is 3.98. The molecule has 1 aromatic carbocycles. The first kappa shape index (κ1) is 16.3. The van der Waals surface area contributed by atoms with E-state index in [1.54, 1.807) is 12.1 Å². The van der Waals surface area contributed by atoms with Crippen molar-refractivity contribution in [3.05, 3.63) is 34.9 Å². The molecule has 2 rings (SSSR count). The highest BCUT2D eigenvalue weighted by molar-refractivity contribution is 7.90. The van der Waals surface area contributed by atoms with Crippen LogP contribution in [0.3, 0.4) is 0 Å². The second kappa shape index (κ2) is 6.79. The maximum atomic E-state index is 12.2. The number of likely N-dealkylation sites (tertiary alicyclic amines) is 1. The molecule has 0 aliphatic carbocycles. The standard InChI is InChI=1S/C15H20ClNO3S/c1-21(19,20)11-13-6-8-17(9-7-13)15(18)10-12-2-4-14(16)5-3-12/h2-5,13H,6-11H2,1H3. The fraction of sp³-hybridized carbons (Fsp3) is 0.533. The number of hydrogen-bond acceptors (Lipinski definition) is 3. The van der Waals surface area contributed by atoms with Crippen LogP contribution in [-0.4, -0.2) is 44.3 Å². The number of piperidine rings is 1. The van der Waals surface area contributed by atoms with E-state index in [0.29, 0.717) is 24.5 Å². The molecule has 1 heterocycles. The van der Waals surface area contributed by atoms with Crippen molar-refractivity contribution in [2.75, 3.05) is 25.1 Å². The zero-order valence-electron chi connectivity index (χ0n) is 12.1. The summed E-state index contributed by atoms with van der Waals surface area (Å²) >= 11 is 5.82. The van der Waals surface area contributed by atoms with Crippen molar-refractivity contribution in [1.82, 2.24) is 4.90 Å². The maximum absolute atomic E-state index is 12.2. The Morgan fingerprint density at radius 3 is 2.33 bits per heavy atom. The van der Waals surface area contributed by atoms with Crippen LogP contribution in [-0.2, 0) is 21.1 Å². The minimum atomic E-state index is -2.93. The Morgan fingerprint density at radius 1 is 1.24 bits per heavy atom. The quantitative estimate of drug-likeness (QED) is 0.850. The zero-order chi connectivity index (χ0) is 15.5. The maximum Gasteiger partial charge on any atom is 0.226 e. The summed E-state index contributed by atoms with van der Waals surface area (Å²) in [5.74, 6) is 0.501. The highest BCUT2D eigenvalue weighted by Crippen LogP contribution is 2.20. The lowest BCUT2D eigenvalue weighted by Crippen LogP contribution is -2.40. The molecule has 1 amide bonds. The van der Waals surface area contributed by atoms with Crippen molar-refractivity contribution >= 4 is 27.3 Å². The van der Waals surface area contributed by atoms with Crippen LogP contribution in [0.1, 0.15) is 18.4 Å². The molecule has 0 N–H and O–H groups in total. The van der Waals surface area contributed by atoms with Crippen LogP contribution in [0.4, 0.5) is 0 Å². The SMILES string of the molecule is CS(=O)(=O)CC1CCN(C(=O)Cc2ccc(Cl)cc2)CC1. The number of hydrogen-bond donors (Lipinski definition) is 0. The minimum absolute atomic E-state index is 0.0927. The van der Waals surface area contributed by atoms with E-state index in [2.05, 4.69) is 0 Å². The van der Waals surface area contributed by atoms with Crippen LogP contribution in [0.2, 0.25) is 5.02 Å². The van der Waals surface area contributed by atoms with Gasteiger partial charge in [0, 0.05) is 24.4 Å². The van der Waals surface area contributed by atoms with Gasteiger partial charge in [-0.3, -0.25) is 4.79 Å². The molecule has 116 valence electrons. The van der Waals surface area contributed by atoms with Gasteiger partial charge < -0.3 is 4.90 Å². The Morgan fingerprint density at radius 2 is 1.81 bits per heavy atom. The van der Waals surface area contributed by atoms with Crippen LogP contribution in [0, 0.1) is 5.92 Å². The van der Waals surface area contributed by atoms with E-state index < -0.39 is 9.84 Å². The average Bonchev–Trinajstić information content (AvgIpc) is 2.40. The number of benzene rings is 1. The molecule has 1 aliphatic heterocycles. The van der Waals surface area contributed by atoms with Gasteiger partial charge in [0.15, 0.2) is 0 Å². The first-order valence-electron chi connectivity index (χ1n) is 7.03. The van der Waals surface area contributed by atoms with Gasteiger partial charge in [-0.05, 0) is 36.5 Å². The van der Waals surface area contributed by atoms with Crippen LogP contribution in [0.15, 0.2) is 24.3 Å². The molecule has 4 nitrogen and oxygen atoms in total. The number of amides is 1. The third-order valence-electron chi connectivity index (χ3n) is 3.77. The van der Waals surface area contributed by atoms with Gasteiger partial charge in [-0.25, -0.2) is 8.42 Å². The molecule has 1 fully saturated rings. The van der Waals surface area contributed by atoms with Gasteiger partial charge in [-0.1, -0.05) is 23.7 Å². The van der Waals surface area contributed by atoms with E-state index in [1.165, 1.54) is 6.26 Å². The normalized spacial score (nSPS) is 17.0. The summed E-state index contributed by atoms with van der Waals surface area (Å²) in [6.07, 6.45) is 3.16. The summed E-state index contributed by atoms with van der Waals surface area (Å²) in [6, 6.07) is 7.28. The van der Waals surface area contributed by atoms with Gasteiger partial charge in [-0.2, -0.15) is 0 Å². The summed E-state index contributed by atoms with van der Waals surface area (Å²) < 4.78 is 22.6. The Labute approximate surface area is 131 Å². The number of sulfone groups is 1. The highest BCUT2D eigenvalue weighted by atomic mass is 35.5. The summed E-state index contributed by atoms with van der Waals surface area (Å²) in [5, 5.41) is 0.660. The number of carbonyl (C=O) groups is 1. The molecular formula is C15H20ClNO3S. The van der Waals surface area contributed by atoms with Gasteiger partial charge in [0.2, 0.25) is 5.91 Å². The van der Waals surface area contributed by atoms with Crippen molar-refractivity contribution in [2.24, 2.45) is 5.92 Å². The lowest BCUT2D eigenvalue weighted by Gasteiger charge is -2.31. The first-order chi connectivity index (χ1) is 9.83. The molecule has 0 spiro atoms. The van der Waals surface area contributed by atoms with E-state index in [-0.39, 0.29) is 17.6 Å². The molecular weight excluding hydrogens is 310 g/mol. The third-order valence-corrected chi connectivity index (χ3v) is 5.10. The van der Waals surface area contributed by atoms with E-state index in [1.807, 2.05) is 17.0 Å². The molecule has 1 aromatic rings. The van der Waals surface area contributed by atoms with Gasteiger partial charge in [-0.15, -0.1) is 0 Å². The van der Waals surface area contributed by atoms with Gasteiger partial charge >= 0.3 is 0 Å². The number of rotatable bonds is 4. The minimum Gasteiger partial charge on any atom is -0.342 e. The number of nitrogens with zero attached hydrogens (tertiary/aromatic N) is 1. The van der Waals surface area contributed by atoms with E-state index in [9.17, 15) is 13.2 Å². The molecule has 21 heavy (non-hydrogen) atoms. The molecule has 0 radical (unpaired) electrons. The Kier molecular flexibility index (Phi) is 5.27. The third kappa shape index (κ3) is 5.32. The topological polar surface area (TPSA) is 54.5 Å². The molecule has 0 aromatic heterocycles. The highest BCUT2D eigenvalue weighted by Gasteiger charge is 2.24. The summed E-state index contributed by atoms with van der Waals surface area (Å²) in [4.78, 5) is 14.0. The average molecular weight is 330 g/mol. The molecule has 0 bridgehead atoms. The van der Waals surface area contributed by atoms with Crippen molar-refractivity contribution in [1.29, 1.82) is 0 Å². The lowest BCUT2D eigenvalue weighted by atomic mass is 9.98. The summed E-state index contributed by atoms with van der Waals surface area (Å²) in [6.45, 7) is 1.29. The lowest BCUT2D eigenvalue weighted by molar-refractivity contribution is -0.131. The molecule has 0 saturated carbocycles. The zero-order valence-corrected chi connectivity index (χ0v) is 13.7. The molecule has 1 saturated heterocycles. The number of carbonyl (C=O) groups excluding carboxylic acids is 1. The van der Waals surface area contributed by atoms with E-state index in [4.69, 9.17) is 11.6 Å². The summed E-state index contributed by atoms with van der Waals surface area (Å²) in [5.41, 5.74) is 0.947. The Balaban J connectivity index is 1.84. The Bertz CT molecular complexity index is 590. The summed E-state index contributed by atoms with van der Waals surface area (Å²) in [7, 11) is -2.93. The predicted octanol–water partition coefficient (Wildman–Crippen LogP) is 2.17. The van der Waals surface area contributed by atoms with E-state index in [0.717, 1.165) is 18.4 Å². The van der Waals surface area contributed by atoms with Gasteiger partial charge in [0.25, 0.3) is 0 Å². The van der Waals surface area contributed by atoms with Crippen LogP contribution < -0.4 is 0 Å². The van der Waals surface area contributed by atoms with Crippen LogP contribution in [0.25, 0.3) is 0 Å². The molecule has 1 aliphatic rings. The van der Waals surface area contributed by atoms with E-state index >= 15 is 0 Å². The Hall–Kier alpha value is -1.07. The van der Waals surface area contributed by atoms with Crippen molar-refractivity contribution in [3.63, 3.8) is 0 Å².